The fourth-order valence-corrected chi connectivity index (χ4v) is 7.55. The zero-order chi connectivity index (χ0) is 23.9. The van der Waals surface area contributed by atoms with Crippen LogP contribution in [0.25, 0.3) is 0 Å². The Kier molecular flexibility index (Phi) is 5.06. The van der Waals surface area contributed by atoms with Gasteiger partial charge in [-0.1, -0.05) is 34.3 Å². The third-order valence-electron chi connectivity index (χ3n) is 9.50. The van der Waals surface area contributed by atoms with Crippen molar-refractivity contribution in [2.45, 2.75) is 84.5 Å². The summed E-state index contributed by atoms with van der Waals surface area (Å²) in [6.45, 7) is 13.7. The molecular formula is C25H34O7. The number of cyclic esters (lactones) is 1. The fourth-order valence-electron chi connectivity index (χ4n) is 7.55. The van der Waals surface area contributed by atoms with Gasteiger partial charge in [0.15, 0.2) is 11.9 Å². The highest BCUT2D eigenvalue weighted by molar-refractivity contribution is 5.88. The second-order valence-electron chi connectivity index (χ2n) is 11.2. The maximum atomic E-state index is 13.3. The number of ether oxygens (including phenoxy) is 3. The highest BCUT2D eigenvalue weighted by atomic mass is 16.6. The zero-order valence-corrected chi connectivity index (χ0v) is 19.9. The Bertz CT molecular complexity index is 919. The first-order valence-corrected chi connectivity index (χ1v) is 11.4. The van der Waals surface area contributed by atoms with Crippen molar-refractivity contribution < 1.29 is 33.4 Å². The number of esters is 2. The van der Waals surface area contributed by atoms with E-state index in [-0.39, 0.29) is 48.6 Å². The van der Waals surface area contributed by atoms with Crippen molar-refractivity contribution in [2.75, 3.05) is 7.11 Å². The summed E-state index contributed by atoms with van der Waals surface area (Å²) in [7, 11) is 1.35. The van der Waals surface area contributed by atoms with E-state index in [0.29, 0.717) is 6.42 Å². The van der Waals surface area contributed by atoms with Crippen LogP contribution in [0.15, 0.2) is 12.2 Å². The van der Waals surface area contributed by atoms with Gasteiger partial charge in [-0.2, -0.15) is 0 Å². The fraction of sp³-hybridized carbons (Fsp3) is 0.760. The number of fused-ring (bicyclic) bond motifs is 3. The molecule has 176 valence electrons. The third-order valence-corrected chi connectivity index (χ3v) is 9.50. The Balaban J connectivity index is 1.86. The molecule has 2 aliphatic heterocycles. The van der Waals surface area contributed by atoms with Crippen LogP contribution >= 0.6 is 0 Å². The van der Waals surface area contributed by atoms with Crippen LogP contribution in [0.2, 0.25) is 0 Å². The van der Waals surface area contributed by atoms with Gasteiger partial charge in [-0.3, -0.25) is 19.2 Å². The first-order chi connectivity index (χ1) is 14.8. The largest absolute Gasteiger partial charge is 0.469 e. The topological polar surface area (TPSA) is 96.0 Å². The number of Topliss-reactive ketones (excluding diaryl/α,β-unsaturated/α-hetero) is 2. The van der Waals surface area contributed by atoms with Crippen LogP contribution in [0.3, 0.4) is 0 Å². The van der Waals surface area contributed by atoms with E-state index in [1.54, 1.807) is 0 Å². The number of hydrogen-bond acceptors (Lipinski definition) is 7. The van der Waals surface area contributed by atoms with Crippen molar-refractivity contribution in [3.05, 3.63) is 12.2 Å². The van der Waals surface area contributed by atoms with Gasteiger partial charge in [0.05, 0.1) is 19.6 Å². The molecule has 0 aromatic rings. The lowest BCUT2D eigenvalue weighted by Gasteiger charge is -2.70. The van der Waals surface area contributed by atoms with Gasteiger partial charge in [0.25, 0.3) is 0 Å². The van der Waals surface area contributed by atoms with Crippen LogP contribution in [0.1, 0.15) is 66.7 Å². The summed E-state index contributed by atoms with van der Waals surface area (Å²) in [5.74, 6) is -1.40. The molecule has 0 aromatic heterocycles. The molecule has 7 atom stereocenters. The van der Waals surface area contributed by atoms with E-state index in [1.807, 2.05) is 20.8 Å². The molecule has 1 spiro atoms. The quantitative estimate of drug-likeness (QED) is 0.485. The van der Waals surface area contributed by atoms with Crippen LogP contribution in [-0.4, -0.2) is 48.4 Å². The number of carbonyl (C=O) groups excluding carboxylic acids is 4. The van der Waals surface area contributed by atoms with Crippen molar-refractivity contribution in [2.24, 2.45) is 28.1 Å². The molecule has 0 radical (unpaired) electrons. The first-order valence-electron chi connectivity index (χ1n) is 11.4. The van der Waals surface area contributed by atoms with E-state index in [1.165, 1.54) is 14.0 Å². The predicted molar refractivity (Wildman–Crippen MR) is 114 cm³/mol. The number of hydrogen-bond donors (Lipinski definition) is 0. The van der Waals surface area contributed by atoms with E-state index in [2.05, 4.69) is 13.5 Å². The molecule has 2 aliphatic carbocycles. The Morgan fingerprint density at radius 1 is 1.19 bits per heavy atom. The summed E-state index contributed by atoms with van der Waals surface area (Å²) < 4.78 is 17.3. The smallest absolute Gasteiger partial charge is 0.309 e. The lowest BCUT2D eigenvalue weighted by molar-refractivity contribution is -0.293. The summed E-state index contributed by atoms with van der Waals surface area (Å²) in [4.78, 5) is 50.8. The standard InChI is InChI=1S/C25H34O7/c1-13-15-8-9-23(5)21(14(2)26)31-20(29)12-25(13,23)32-18-11-17(27)22(3,4)16(24(15,18)6)10-19(28)30-7/h15-16,18,21H,1,8-12H2,2-7H3. The minimum atomic E-state index is -1.07. The third kappa shape index (κ3) is 2.69. The molecule has 2 saturated heterocycles. The van der Waals surface area contributed by atoms with Gasteiger partial charge in [0.1, 0.15) is 11.4 Å². The second kappa shape index (κ2) is 6.99. The summed E-state index contributed by atoms with van der Waals surface area (Å²) in [6.07, 6.45) is 0.222. The summed E-state index contributed by atoms with van der Waals surface area (Å²) >= 11 is 0. The molecule has 0 amide bonds. The van der Waals surface area contributed by atoms with Crippen molar-refractivity contribution >= 4 is 23.5 Å². The van der Waals surface area contributed by atoms with Crippen molar-refractivity contribution in [1.29, 1.82) is 0 Å². The van der Waals surface area contributed by atoms with Gasteiger partial charge in [-0.25, -0.2) is 0 Å². The van der Waals surface area contributed by atoms with E-state index in [4.69, 9.17) is 14.2 Å². The first kappa shape index (κ1) is 23.1. The molecular weight excluding hydrogens is 412 g/mol. The Morgan fingerprint density at radius 3 is 2.44 bits per heavy atom. The van der Waals surface area contributed by atoms with E-state index < -0.39 is 40.0 Å². The zero-order valence-electron chi connectivity index (χ0n) is 19.9. The highest BCUT2D eigenvalue weighted by Crippen LogP contribution is 2.70. The van der Waals surface area contributed by atoms with E-state index >= 15 is 0 Å². The van der Waals surface area contributed by atoms with Crippen LogP contribution in [0.5, 0.6) is 0 Å². The second-order valence-corrected chi connectivity index (χ2v) is 11.2. The molecule has 4 rings (SSSR count). The van der Waals surface area contributed by atoms with Crippen LogP contribution in [-0.2, 0) is 33.4 Å². The molecule has 7 heteroatoms. The average Bonchev–Trinajstić information content (AvgIpc) is 2.70. The highest BCUT2D eigenvalue weighted by Gasteiger charge is 2.73. The van der Waals surface area contributed by atoms with Gasteiger partial charge in [-0.15, -0.1) is 0 Å². The van der Waals surface area contributed by atoms with E-state index in [9.17, 15) is 19.2 Å². The summed E-state index contributed by atoms with van der Waals surface area (Å²) in [5, 5.41) is 0. The maximum absolute atomic E-state index is 13.3. The molecule has 2 bridgehead atoms. The van der Waals surface area contributed by atoms with Crippen LogP contribution in [0, 0.1) is 28.1 Å². The average molecular weight is 447 g/mol. The lowest BCUT2D eigenvalue weighted by atomic mass is 9.41. The van der Waals surface area contributed by atoms with Gasteiger partial charge in [0.2, 0.25) is 0 Å². The molecule has 4 aliphatic rings. The maximum Gasteiger partial charge on any atom is 0.309 e. The van der Waals surface area contributed by atoms with Crippen molar-refractivity contribution in [3.63, 3.8) is 0 Å². The lowest BCUT2D eigenvalue weighted by Crippen LogP contribution is -2.74. The molecule has 0 aromatic carbocycles. The van der Waals surface area contributed by atoms with Crippen molar-refractivity contribution in [1.82, 2.24) is 0 Å². The SMILES string of the molecule is C=C1C2CCC3(C)C(C(C)=O)OC(=O)CC13OC1CC(=O)C(C)(C)C(CC(=O)OC)C12C. The Morgan fingerprint density at radius 2 is 1.84 bits per heavy atom. The molecule has 0 N–H and O–H groups in total. The molecule has 7 nitrogen and oxygen atoms in total. The molecule has 2 heterocycles. The van der Waals surface area contributed by atoms with Gasteiger partial charge in [-0.05, 0) is 37.2 Å². The summed E-state index contributed by atoms with van der Waals surface area (Å²) in [6, 6.07) is 0. The molecule has 7 unspecified atom stereocenters. The molecule has 2 saturated carbocycles. The van der Waals surface area contributed by atoms with Gasteiger partial charge < -0.3 is 14.2 Å². The number of carbonyl (C=O) groups is 4. The normalized spacial score (nSPS) is 44.8. The minimum Gasteiger partial charge on any atom is -0.469 e. The predicted octanol–water partition coefficient (Wildman–Crippen LogP) is 3.19. The van der Waals surface area contributed by atoms with Crippen LogP contribution in [0.4, 0.5) is 0 Å². The van der Waals surface area contributed by atoms with Gasteiger partial charge in [0, 0.05) is 29.1 Å². The molecule has 4 fully saturated rings. The summed E-state index contributed by atoms with van der Waals surface area (Å²) in [5.41, 5.74) is -2.31. The Labute approximate surface area is 189 Å². The Hall–Kier alpha value is -2.02. The molecule has 32 heavy (non-hydrogen) atoms. The number of rotatable bonds is 3. The monoisotopic (exact) mass is 446 g/mol. The number of methoxy groups -OCH3 is 1. The van der Waals surface area contributed by atoms with Gasteiger partial charge >= 0.3 is 11.9 Å². The van der Waals surface area contributed by atoms with E-state index in [0.717, 1.165) is 12.0 Å². The number of ketones is 2. The van der Waals surface area contributed by atoms with Crippen LogP contribution < -0.4 is 0 Å². The minimum absolute atomic E-state index is 0.0194. The van der Waals surface area contributed by atoms with Crippen molar-refractivity contribution in [3.8, 4) is 0 Å².